The molecule has 2 aromatic rings. The lowest BCUT2D eigenvalue weighted by atomic mass is 10.1. The van der Waals surface area contributed by atoms with E-state index in [1.54, 1.807) is 11.3 Å². The topological polar surface area (TPSA) is 42.4 Å². The fourth-order valence-corrected chi connectivity index (χ4v) is 3.77. The summed E-state index contributed by atoms with van der Waals surface area (Å²) in [5.74, 6) is 0.153. The molecule has 1 aliphatic rings. The number of carbonyl (C=O) groups is 1. The summed E-state index contributed by atoms with van der Waals surface area (Å²) >= 11 is 1.65. The van der Waals surface area contributed by atoms with Crippen LogP contribution in [0.4, 0.5) is 0 Å². The molecule has 0 spiro atoms. The molecule has 1 aromatic carbocycles. The maximum atomic E-state index is 12.6. The Bertz CT molecular complexity index is 669. The predicted molar refractivity (Wildman–Crippen MR) is 91.8 cm³/mol. The van der Waals surface area contributed by atoms with Crippen molar-refractivity contribution in [2.45, 2.75) is 32.8 Å². The average Bonchev–Trinajstić information content (AvgIpc) is 2.86. The van der Waals surface area contributed by atoms with Gasteiger partial charge in [-0.3, -0.25) is 4.79 Å². The van der Waals surface area contributed by atoms with Gasteiger partial charge in [-0.1, -0.05) is 30.3 Å². The molecule has 0 N–H and O–H groups in total. The van der Waals surface area contributed by atoms with Crippen molar-refractivity contribution in [1.29, 1.82) is 0 Å². The molecule has 1 atom stereocenters. The quantitative estimate of drug-likeness (QED) is 0.866. The Morgan fingerprint density at radius 3 is 2.83 bits per heavy atom. The van der Waals surface area contributed by atoms with Gasteiger partial charge in [-0.15, -0.1) is 11.3 Å². The van der Waals surface area contributed by atoms with E-state index >= 15 is 0 Å². The first-order valence-corrected chi connectivity index (χ1v) is 8.79. The van der Waals surface area contributed by atoms with Crippen LogP contribution < -0.4 is 0 Å². The van der Waals surface area contributed by atoms with Crippen LogP contribution in [0, 0.1) is 13.8 Å². The highest BCUT2D eigenvalue weighted by Crippen LogP contribution is 2.18. The highest BCUT2D eigenvalue weighted by molar-refractivity contribution is 7.11. The van der Waals surface area contributed by atoms with Gasteiger partial charge in [0, 0.05) is 24.4 Å². The van der Waals surface area contributed by atoms with E-state index in [2.05, 4.69) is 17.1 Å². The lowest BCUT2D eigenvalue weighted by molar-refractivity contribution is -0.138. The highest BCUT2D eigenvalue weighted by Gasteiger charge is 2.25. The van der Waals surface area contributed by atoms with Crippen molar-refractivity contribution >= 4 is 17.2 Å². The van der Waals surface area contributed by atoms with E-state index in [1.165, 1.54) is 5.56 Å². The van der Waals surface area contributed by atoms with Crippen molar-refractivity contribution in [3.63, 3.8) is 0 Å². The maximum absolute atomic E-state index is 12.6. The van der Waals surface area contributed by atoms with Gasteiger partial charge in [0.1, 0.15) is 0 Å². The SMILES string of the molecule is Cc1nc(CC(=O)N2CCOC(Cc3ccccc3)C2)c(C)s1. The smallest absolute Gasteiger partial charge is 0.228 e. The van der Waals surface area contributed by atoms with Crippen LogP contribution in [-0.2, 0) is 22.4 Å². The van der Waals surface area contributed by atoms with Gasteiger partial charge in [-0.2, -0.15) is 0 Å². The molecule has 1 amide bonds. The maximum Gasteiger partial charge on any atom is 0.228 e. The van der Waals surface area contributed by atoms with Gasteiger partial charge in [-0.05, 0) is 19.4 Å². The number of aryl methyl sites for hydroxylation is 2. The third-order valence-electron chi connectivity index (χ3n) is 4.12. The minimum Gasteiger partial charge on any atom is -0.374 e. The number of aromatic nitrogens is 1. The highest BCUT2D eigenvalue weighted by atomic mass is 32.1. The van der Waals surface area contributed by atoms with E-state index in [9.17, 15) is 4.79 Å². The monoisotopic (exact) mass is 330 g/mol. The number of nitrogens with zero attached hydrogens (tertiary/aromatic N) is 2. The first-order valence-electron chi connectivity index (χ1n) is 7.98. The summed E-state index contributed by atoms with van der Waals surface area (Å²) in [6, 6.07) is 10.3. The number of morpholine rings is 1. The Morgan fingerprint density at radius 2 is 2.13 bits per heavy atom. The van der Waals surface area contributed by atoms with Gasteiger partial charge in [0.15, 0.2) is 0 Å². The predicted octanol–water partition coefficient (Wildman–Crippen LogP) is 2.77. The van der Waals surface area contributed by atoms with E-state index in [4.69, 9.17) is 4.74 Å². The first-order chi connectivity index (χ1) is 11.1. The Labute approximate surface area is 141 Å². The molecule has 1 aromatic heterocycles. The lowest BCUT2D eigenvalue weighted by Crippen LogP contribution is -2.47. The van der Waals surface area contributed by atoms with E-state index < -0.39 is 0 Å². The normalized spacial score (nSPS) is 18.2. The van der Waals surface area contributed by atoms with E-state index in [0.717, 1.165) is 22.0 Å². The molecule has 3 rings (SSSR count). The number of thiazole rings is 1. The van der Waals surface area contributed by atoms with Crippen LogP contribution in [0.15, 0.2) is 30.3 Å². The zero-order valence-corrected chi connectivity index (χ0v) is 14.4. The minimum absolute atomic E-state index is 0.0772. The van der Waals surface area contributed by atoms with Crippen molar-refractivity contribution in [1.82, 2.24) is 9.88 Å². The van der Waals surface area contributed by atoms with Crippen molar-refractivity contribution < 1.29 is 9.53 Å². The number of amides is 1. The number of benzene rings is 1. The molecule has 4 nitrogen and oxygen atoms in total. The van der Waals surface area contributed by atoms with Gasteiger partial charge in [0.2, 0.25) is 5.91 Å². The zero-order valence-electron chi connectivity index (χ0n) is 13.6. The standard InChI is InChI=1S/C18H22N2O2S/c1-13-17(19-14(2)23-13)11-18(21)20-8-9-22-16(12-20)10-15-6-4-3-5-7-15/h3-7,16H,8-12H2,1-2H3. The molecule has 5 heteroatoms. The molecule has 1 saturated heterocycles. The van der Waals surface area contributed by atoms with Crippen LogP contribution >= 0.6 is 11.3 Å². The van der Waals surface area contributed by atoms with Crippen LogP contribution in [-0.4, -0.2) is 41.6 Å². The van der Waals surface area contributed by atoms with Crippen LogP contribution in [0.3, 0.4) is 0 Å². The molecule has 1 fully saturated rings. The van der Waals surface area contributed by atoms with Crippen molar-refractivity contribution in [3.8, 4) is 0 Å². The lowest BCUT2D eigenvalue weighted by Gasteiger charge is -2.33. The Morgan fingerprint density at radius 1 is 1.35 bits per heavy atom. The molecule has 2 heterocycles. The third kappa shape index (κ3) is 4.18. The van der Waals surface area contributed by atoms with Crippen LogP contribution in [0.2, 0.25) is 0 Å². The number of hydrogen-bond acceptors (Lipinski definition) is 4. The Hall–Kier alpha value is -1.72. The first kappa shape index (κ1) is 16.1. The number of hydrogen-bond donors (Lipinski definition) is 0. The van der Waals surface area contributed by atoms with E-state index in [1.807, 2.05) is 36.9 Å². The summed E-state index contributed by atoms with van der Waals surface area (Å²) in [5.41, 5.74) is 2.17. The minimum atomic E-state index is 0.0772. The Kier molecular flexibility index (Phi) is 5.08. The molecule has 122 valence electrons. The fourth-order valence-electron chi connectivity index (χ4n) is 2.94. The molecular weight excluding hydrogens is 308 g/mol. The molecule has 0 radical (unpaired) electrons. The van der Waals surface area contributed by atoms with Crippen LogP contribution in [0.5, 0.6) is 0 Å². The number of ether oxygens (including phenoxy) is 1. The second-order valence-electron chi connectivity index (χ2n) is 5.93. The molecule has 23 heavy (non-hydrogen) atoms. The largest absolute Gasteiger partial charge is 0.374 e. The summed E-state index contributed by atoms with van der Waals surface area (Å²) in [5, 5.41) is 1.02. The molecule has 1 unspecified atom stereocenters. The summed E-state index contributed by atoms with van der Waals surface area (Å²) in [6.45, 7) is 5.96. The van der Waals surface area contributed by atoms with Gasteiger partial charge in [-0.25, -0.2) is 4.98 Å². The van der Waals surface area contributed by atoms with Crippen LogP contribution in [0.1, 0.15) is 21.1 Å². The molecule has 1 aliphatic heterocycles. The average molecular weight is 330 g/mol. The van der Waals surface area contributed by atoms with E-state index in [-0.39, 0.29) is 12.0 Å². The summed E-state index contributed by atoms with van der Waals surface area (Å²) in [7, 11) is 0. The molecule has 0 aliphatic carbocycles. The second-order valence-corrected chi connectivity index (χ2v) is 7.34. The number of rotatable bonds is 4. The second kappa shape index (κ2) is 7.23. The zero-order chi connectivity index (χ0) is 16.2. The summed E-state index contributed by atoms with van der Waals surface area (Å²) in [6.07, 6.45) is 1.32. The van der Waals surface area contributed by atoms with Crippen molar-refractivity contribution in [2.75, 3.05) is 19.7 Å². The fraction of sp³-hybridized carbons (Fsp3) is 0.444. The summed E-state index contributed by atoms with van der Waals surface area (Å²) < 4.78 is 5.83. The molecule has 0 saturated carbocycles. The van der Waals surface area contributed by atoms with Crippen LogP contribution in [0.25, 0.3) is 0 Å². The third-order valence-corrected chi connectivity index (χ3v) is 5.04. The van der Waals surface area contributed by atoms with Crippen molar-refractivity contribution in [3.05, 3.63) is 51.5 Å². The van der Waals surface area contributed by atoms with Gasteiger partial charge in [0.05, 0.1) is 29.8 Å². The van der Waals surface area contributed by atoms with Crippen molar-refractivity contribution in [2.24, 2.45) is 0 Å². The van der Waals surface area contributed by atoms with Gasteiger partial charge < -0.3 is 9.64 Å². The van der Waals surface area contributed by atoms with Gasteiger partial charge >= 0.3 is 0 Å². The number of carbonyl (C=O) groups excluding carboxylic acids is 1. The van der Waals surface area contributed by atoms with E-state index in [0.29, 0.717) is 26.1 Å². The molecular formula is C18H22N2O2S. The van der Waals surface area contributed by atoms with Gasteiger partial charge in [0.25, 0.3) is 0 Å². The Balaban J connectivity index is 1.59. The molecule has 0 bridgehead atoms. The summed E-state index contributed by atoms with van der Waals surface area (Å²) in [4.78, 5) is 20.1.